The maximum Gasteiger partial charge on any atom is 0.573 e. The van der Waals surface area contributed by atoms with Crippen molar-refractivity contribution in [1.29, 1.82) is 0 Å². The van der Waals surface area contributed by atoms with E-state index < -0.39 is 29.2 Å². The minimum atomic E-state index is -4.83. The van der Waals surface area contributed by atoms with Crippen molar-refractivity contribution in [2.45, 2.75) is 6.36 Å². The van der Waals surface area contributed by atoms with Crippen molar-refractivity contribution in [3.8, 4) is 22.7 Å². The summed E-state index contributed by atoms with van der Waals surface area (Å²) in [6, 6.07) is 8.77. The van der Waals surface area contributed by atoms with Gasteiger partial charge < -0.3 is 9.84 Å². The van der Waals surface area contributed by atoms with E-state index in [2.05, 4.69) is 14.8 Å². The Morgan fingerprint density at radius 1 is 1.15 bits per heavy atom. The summed E-state index contributed by atoms with van der Waals surface area (Å²) in [4.78, 5) is 27.6. The number of pyridine rings is 1. The molecule has 27 heavy (non-hydrogen) atoms. The first-order valence-corrected chi connectivity index (χ1v) is 7.39. The van der Waals surface area contributed by atoms with Gasteiger partial charge in [-0.25, -0.2) is 4.79 Å². The lowest BCUT2D eigenvalue weighted by molar-refractivity contribution is -0.274. The van der Waals surface area contributed by atoms with E-state index in [4.69, 9.17) is 0 Å². The normalized spacial score (nSPS) is 11.2. The Balaban J connectivity index is 2.09. The van der Waals surface area contributed by atoms with Gasteiger partial charge in [0.25, 0.3) is 5.56 Å². The average Bonchev–Trinajstić information content (AvgIpc) is 2.62. The molecule has 0 aliphatic rings. The maximum atomic E-state index is 12.4. The number of aromatic carboxylic acids is 1. The van der Waals surface area contributed by atoms with Crippen molar-refractivity contribution in [2.24, 2.45) is 0 Å². The molecule has 0 aliphatic carbocycles. The second-order valence-electron chi connectivity index (χ2n) is 5.25. The molecule has 0 fully saturated rings. The van der Waals surface area contributed by atoms with Gasteiger partial charge >= 0.3 is 12.3 Å². The number of alkyl halides is 3. The fraction of sp³-hybridized carbons (Fsp3) is 0.0588. The van der Waals surface area contributed by atoms with Crippen LogP contribution in [0.4, 0.5) is 13.2 Å². The van der Waals surface area contributed by atoms with E-state index in [0.29, 0.717) is 5.56 Å². The Morgan fingerprint density at radius 3 is 2.41 bits per heavy atom. The Labute approximate surface area is 149 Å². The summed E-state index contributed by atoms with van der Waals surface area (Å²) in [5, 5.41) is 13.4. The van der Waals surface area contributed by atoms with Crippen LogP contribution >= 0.6 is 0 Å². The Morgan fingerprint density at radius 2 is 1.85 bits per heavy atom. The van der Waals surface area contributed by atoms with Crippen molar-refractivity contribution in [2.75, 3.05) is 0 Å². The lowest BCUT2D eigenvalue weighted by Crippen LogP contribution is -2.27. The largest absolute Gasteiger partial charge is 0.573 e. The predicted octanol–water partition coefficient (Wildman–Crippen LogP) is 2.89. The molecule has 2 aromatic heterocycles. The Hall–Kier alpha value is -3.69. The molecule has 0 spiro atoms. The molecule has 0 amide bonds. The fourth-order valence-corrected chi connectivity index (χ4v) is 2.27. The molecule has 3 rings (SSSR count). The van der Waals surface area contributed by atoms with Crippen LogP contribution < -0.4 is 10.3 Å². The smallest absolute Gasteiger partial charge is 0.477 e. The third-order valence-corrected chi connectivity index (χ3v) is 3.42. The molecule has 0 aliphatic heterocycles. The molecule has 1 N–H and O–H groups in total. The summed E-state index contributed by atoms with van der Waals surface area (Å²) in [7, 11) is 0. The molecule has 10 heteroatoms. The van der Waals surface area contributed by atoms with Gasteiger partial charge in [-0.2, -0.15) is 9.78 Å². The number of halogens is 3. The highest BCUT2D eigenvalue weighted by Gasteiger charge is 2.31. The number of rotatable bonds is 4. The van der Waals surface area contributed by atoms with Gasteiger partial charge in [-0.3, -0.25) is 9.78 Å². The first-order valence-electron chi connectivity index (χ1n) is 7.39. The molecular formula is C17H10F3N3O4. The number of hydrogen-bond donors (Lipinski definition) is 1. The number of aromatic nitrogens is 3. The number of carboxylic acids is 1. The average molecular weight is 377 g/mol. The van der Waals surface area contributed by atoms with Crippen molar-refractivity contribution < 1.29 is 27.8 Å². The van der Waals surface area contributed by atoms with Crippen molar-refractivity contribution in [3.63, 3.8) is 0 Å². The second-order valence-corrected chi connectivity index (χ2v) is 5.25. The minimum Gasteiger partial charge on any atom is -0.477 e. The third-order valence-electron chi connectivity index (χ3n) is 3.42. The van der Waals surface area contributed by atoms with Gasteiger partial charge in [0.15, 0.2) is 0 Å². The summed E-state index contributed by atoms with van der Waals surface area (Å²) in [5.74, 6) is -1.90. The molecule has 0 unspecified atom stereocenters. The van der Waals surface area contributed by atoms with E-state index in [1.54, 1.807) is 6.07 Å². The number of carbonyl (C=O) groups is 1. The van der Waals surface area contributed by atoms with Gasteiger partial charge in [0.05, 0.1) is 17.6 Å². The predicted molar refractivity (Wildman–Crippen MR) is 86.7 cm³/mol. The fourth-order valence-electron chi connectivity index (χ4n) is 2.27. The Bertz CT molecular complexity index is 1030. The van der Waals surface area contributed by atoms with Gasteiger partial charge in [-0.15, -0.1) is 13.2 Å². The quantitative estimate of drug-likeness (QED) is 0.751. The van der Waals surface area contributed by atoms with Crippen molar-refractivity contribution >= 4 is 5.97 Å². The zero-order valence-electron chi connectivity index (χ0n) is 13.3. The molecule has 0 atom stereocenters. The number of hydrogen-bond acceptors (Lipinski definition) is 5. The lowest BCUT2D eigenvalue weighted by atomic mass is 10.1. The van der Waals surface area contributed by atoms with Gasteiger partial charge in [0.2, 0.25) is 0 Å². The van der Waals surface area contributed by atoms with Crippen LogP contribution in [0, 0.1) is 0 Å². The van der Waals surface area contributed by atoms with Gasteiger partial charge in [0.1, 0.15) is 11.3 Å². The van der Waals surface area contributed by atoms with Crippen LogP contribution in [0.1, 0.15) is 10.4 Å². The Kier molecular flexibility index (Phi) is 4.63. The van der Waals surface area contributed by atoms with E-state index in [1.807, 2.05) is 0 Å². The van der Waals surface area contributed by atoms with Crippen molar-refractivity contribution in [1.82, 2.24) is 14.8 Å². The molecule has 138 valence electrons. The van der Waals surface area contributed by atoms with Gasteiger partial charge in [-0.1, -0.05) is 0 Å². The molecule has 0 saturated heterocycles. The number of ether oxygens (including phenoxy) is 1. The topological polar surface area (TPSA) is 94.3 Å². The molecule has 7 nitrogen and oxygen atoms in total. The van der Waals surface area contributed by atoms with Gasteiger partial charge in [0, 0.05) is 11.8 Å². The summed E-state index contributed by atoms with van der Waals surface area (Å²) >= 11 is 0. The zero-order valence-corrected chi connectivity index (χ0v) is 13.3. The van der Waals surface area contributed by atoms with Gasteiger partial charge in [-0.05, 0) is 42.5 Å². The highest BCUT2D eigenvalue weighted by molar-refractivity contribution is 5.88. The first-order chi connectivity index (χ1) is 12.7. The number of nitrogens with zero attached hydrogens (tertiary/aromatic N) is 3. The first kappa shape index (κ1) is 18.1. The monoisotopic (exact) mass is 377 g/mol. The van der Waals surface area contributed by atoms with Crippen LogP contribution in [0.15, 0.2) is 59.7 Å². The SMILES string of the molecule is O=C(O)c1cc(-c2ccc(OC(F)(F)F)cc2)nn(-c2cccnc2)c1=O. The van der Waals surface area contributed by atoms with E-state index in [0.717, 1.165) is 22.9 Å². The molecule has 0 radical (unpaired) electrons. The van der Waals surface area contributed by atoms with E-state index in [-0.39, 0.29) is 11.4 Å². The second kappa shape index (κ2) is 6.90. The summed E-state index contributed by atoms with van der Waals surface area (Å²) in [6.07, 6.45) is -2.04. The van der Waals surface area contributed by atoms with Crippen LogP contribution in [0.3, 0.4) is 0 Å². The molecule has 1 aromatic carbocycles. The highest BCUT2D eigenvalue weighted by atomic mass is 19.4. The minimum absolute atomic E-state index is 0.0782. The van der Waals surface area contributed by atoms with Crippen LogP contribution in [-0.4, -0.2) is 32.2 Å². The van der Waals surface area contributed by atoms with E-state index in [1.165, 1.54) is 30.6 Å². The molecule has 2 heterocycles. The highest BCUT2D eigenvalue weighted by Crippen LogP contribution is 2.26. The number of carboxylic acid groups (broad SMARTS) is 1. The van der Waals surface area contributed by atoms with Crippen LogP contribution in [0.2, 0.25) is 0 Å². The molecular weight excluding hydrogens is 367 g/mol. The molecule has 0 bridgehead atoms. The standard InChI is InChI=1S/C17H10F3N3O4/c18-17(19,20)27-12-5-3-10(4-6-12)14-8-13(16(25)26)15(24)23(22-14)11-2-1-7-21-9-11/h1-9H,(H,25,26). The summed E-state index contributed by atoms with van der Waals surface area (Å²) in [6.45, 7) is 0. The van der Waals surface area contributed by atoms with E-state index >= 15 is 0 Å². The maximum absolute atomic E-state index is 12.4. The van der Waals surface area contributed by atoms with Crippen LogP contribution in [0.5, 0.6) is 5.75 Å². The summed E-state index contributed by atoms with van der Waals surface area (Å²) < 4.78 is 41.4. The van der Waals surface area contributed by atoms with Crippen LogP contribution in [-0.2, 0) is 0 Å². The zero-order chi connectivity index (χ0) is 19.6. The lowest BCUT2D eigenvalue weighted by Gasteiger charge is -2.11. The number of benzene rings is 1. The van der Waals surface area contributed by atoms with Crippen LogP contribution in [0.25, 0.3) is 16.9 Å². The molecule has 0 saturated carbocycles. The van der Waals surface area contributed by atoms with Crippen molar-refractivity contribution in [3.05, 3.63) is 70.8 Å². The summed E-state index contributed by atoms with van der Waals surface area (Å²) in [5.41, 5.74) is -0.793. The van der Waals surface area contributed by atoms with E-state index in [9.17, 15) is 27.9 Å². The molecule has 3 aromatic rings. The third kappa shape index (κ3) is 4.11.